The van der Waals surface area contributed by atoms with Crippen molar-refractivity contribution in [1.29, 1.82) is 0 Å². The molecule has 0 aliphatic heterocycles. The lowest BCUT2D eigenvalue weighted by Crippen LogP contribution is -2.63. The van der Waals surface area contributed by atoms with Crippen molar-refractivity contribution >= 4 is 5.91 Å². The van der Waals surface area contributed by atoms with Gasteiger partial charge in [-0.3, -0.25) is 9.53 Å². The number of carbonyl (C=O) groups excluding carboxylic acids is 1. The van der Waals surface area contributed by atoms with E-state index in [2.05, 4.69) is 4.74 Å². The fraction of sp³-hybridized carbons (Fsp3) is 0.909. The Morgan fingerprint density at radius 1 is 0.885 bits per heavy atom. The average molecular weight is 414 g/mol. The highest BCUT2D eigenvalue weighted by atomic mass is 19.4. The van der Waals surface area contributed by atoms with Gasteiger partial charge in [-0.15, -0.1) is 0 Å². The molecule has 1 unspecified atom stereocenters. The molecule has 15 heteroatoms. The van der Waals surface area contributed by atoms with Gasteiger partial charge in [-0.25, -0.2) is 0 Å². The summed E-state index contributed by atoms with van der Waals surface area (Å²) in [5.41, 5.74) is 0. The molecule has 0 saturated heterocycles. The highest BCUT2D eigenvalue weighted by Gasteiger charge is 2.79. The van der Waals surface area contributed by atoms with Crippen LogP contribution in [-0.4, -0.2) is 68.2 Å². The molecular formula is C11H13F11N2O2. The first-order chi connectivity index (χ1) is 11.3. The van der Waals surface area contributed by atoms with E-state index in [-0.39, 0.29) is 13.0 Å². The Hall–Kier alpha value is -1.38. The zero-order valence-corrected chi connectivity index (χ0v) is 13.0. The Morgan fingerprint density at radius 2 is 1.35 bits per heavy atom. The third-order valence-corrected chi connectivity index (χ3v) is 2.71. The molecule has 0 bridgehead atoms. The van der Waals surface area contributed by atoms with Crippen molar-refractivity contribution in [2.75, 3.05) is 27.2 Å². The summed E-state index contributed by atoms with van der Waals surface area (Å²) in [6.07, 6.45) is -20.9. The Balaban J connectivity index is 5.53. The molecule has 0 spiro atoms. The monoisotopic (exact) mass is 414 g/mol. The van der Waals surface area contributed by atoms with Gasteiger partial charge in [0.15, 0.2) is 0 Å². The Labute approximate surface area is 139 Å². The molecule has 0 aromatic heterocycles. The topological polar surface area (TPSA) is 41.6 Å². The molecule has 0 fully saturated rings. The van der Waals surface area contributed by atoms with Crippen LogP contribution in [0.2, 0.25) is 0 Å². The van der Waals surface area contributed by atoms with E-state index in [9.17, 15) is 53.1 Å². The van der Waals surface area contributed by atoms with E-state index in [0.29, 0.717) is 0 Å². The molecule has 26 heavy (non-hydrogen) atoms. The summed E-state index contributed by atoms with van der Waals surface area (Å²) >= 11 is 0. The van der Waals surface area contributed by atoms with E-state index < -0.39 is 42.7 Å². The summed E-state index contributed by atoms with van der Waals surface area (Å²) in [5, 5.41) is 1.15. The maximum atomic E-state index is 13.7. The third-order valence-electron chi connectivity index (χ3n) is 2.71. The van der Waals surface area contributed by atoms with Gasteiger partial charge in [0.2, 0.25) is 0 Å². The van der Waals surface area contributed by atoms with Gasteiger partial charge >= 0.3 is 30.2 Å². The normalized spacial score (nSPS) is 16.5. The van der Waals surface area contributed by atoms with E-state index in [0.717, 1.165) is 5.32 Å². The second-order valence-electron chi connectivity index (χ2n) is 5.20. The highest BCUT2D eigenvalue weighted by molar-refractivity contribution is 5.84. The molecule has 0 aromatic rings. The second-order valence-corrected chi connectivity index (χ2v) is 5.20. The van der Waals surface area contributed by atoms with E-state index >= 15 is 0 Å². The molecule has 4 nitrogen and oxygen atoms in total. The summed E-state index contributed by atoms with van der Waals surface area (Å²) < 4.78 is 140. The van der Waals surface area contributed by atoms with E-state index in [1.165, 1.54) is 19.0 Å². The van der Waals surface area contributed by atoms with Crippen molar-refractivity contribution < 1.29 is 57.8 Å². The Morgan fingerprint density at radius 3 is 1.69 bits per heavy atom. The van der Waals surface area contributed by atoms with Crippen LogP contribution in [0.1, 0.15) is 6.42 Å². The SMILES string of the molecule is CN(C)CCCNC(=O)C(F)(OC(F)(F)C(F)(F)C(F)(F)F)C(F)(F)F. The number of nitrogens with one attached hydrogen (secondary N) is 1. The Kier molecular flexibility index (Phi) is 7.29. The molecule has 0 rings (SSSR count). The number of rotatable bonds is 8. The van der Waals surface area contributed by atoms with Crippen molar-refractivity contribution in [3.63, 3.8) is 0 Å². The minimum Gasteiger partial charge on any atom is -0.351 e. The molecule has 1 amide bonds. The summed E-state index contributed by atoms with van der Waals surface area (Å²) in [4.78, 5) is 12.7. The quantitative estimate of drug-likeness (QED) is 0.491. The van der Waals surface area contributed by atoms with Crippen molar-refractivity contribution in [2.24, 2.45) is 0 Å². The van der Waals surface area contributed by atoms with Crippen LogP contribution in [-0.2, 0) is 9.53 Å². The zero-order valence-electron chi connectivity index (χ0n) is 13.0. The second kappa shape index (κ2) is 7.70. The maximum Gasteiger partial charge on any atom is 0.462 e. The fourth-order valence-corrected chi connectivity index (χ4v) is 1.35. The molecule has 0 heterocycles. The number of amides is 1. The number of hydrogen-bond donors (Lipinski definition) is 1. The molecule has 1 atom stereocenters. The van der Waals surface area contributed by atoms with Crippen LogP contribution in [0.5, 0.6) is 0 Å². The van der Waals surface area contributed by atoms with Crippen LogP contribution in [0.15, 0.2) is 0 Å². The third kappa shape index (κ3) is 5.31. The maximum absolute atomic E-state index is 13.7. The smallest absolute Gasteiger partial charge is 0.351 e. The fourth-order valence-electron chi connectivity index (χ4n) is 1.35. The van der Waals surface area contributed by atoms with Gasteiger partial charge in [-0.1, -0.05) is 0 Å². The van der Waals surface area contributed by atoms with Crippen LogP contribution in [0.25, 0.3) is 0 Å². The molecule has 0 aromatic carbocycles. The van der Waals surface area contributed by atoms with Crippen LogP contribution >= 0.6 is 0 Å². The van der Waals surface area contributed by atoms with Crippen LogP contribution < -0.4 is 5.32 Å². The molecule has 0 aliphatic carbocycles. The standard InChI is InChI=1S/C11H13F11N2O2/c1-24(2)5-3-4-23-6(25)7(12,9(15,16)17)26-11(21,22)8(13,14)10(18,19)20/h3-5H2,1-2H3,(H,23,25). The van der Waals surface area contributed by atoms with Gasteiger partial charge in [0.05, 0.1) is 0 Å². The average Bonchev–Trinajstić information content (AvgIpc) is 2.39. The van der Waals surface area contributed by atoms with Crippen LogP contribution in [0.4, 0.5) is 48.3 Å². The minimum absolute atomic E-state index is 0.123. The molecular weight excluding hydrogens is 401 g/mol. The molecule has 156 valence electrons. The number of alkyl halides is 11. The number of carbonyl (C=O) groups is 1. The van der Waals surface area contributed by atoms with Crippen LogP contribution in [0, 0.1) is 0 Å². The highest BCUT2D eigenvalue weighted by Crippen LogP contribution is 2.50. The van der Waals surface area contributed by atoms with E-state index in [1.807, 2.05) is 0 Å². The first-order valence-electron chi connectivity index (χ1n) is 6.51. The lowest BCUT2D eigenvalue weighted by molar-refractivity contribution is -0.472. The van der Waals surface area contributed by atoms with Crippen molar-refractivity contribution in [3.05, 3.63) is 0 Å². The lowest BCUT2D eigenvalue weighted by atomic mass is 10.2. The predicted molar refractivity (Wildman–Crippen MR) is 63.1 cm³/mol. The van der Waals surface area contributed by atoms with Gasteiger partial charge in [0, 0.05) is 6.54 Å². The largest absolute Gasteiger partial charge is 0.462 e. The summed E-state index contributed by atoms with van der Waals surface area (Å²) in [5.74, 6) is -16.3. The van der Waals surface area contributed by atoms with Gasteiger partial charge in [0.25, 0.3) is 5.91 Å². The number of ether oxygens (including phenoxy) is 1. The van der Waals surface area contributed by atoms with E-state index in [4.69, 9.17) is 0 Å². The van der Waals surface area contributed by atoms with Gasteiger partial charge < -0.3 is 10.2 Å². The summed E-state index contributed by atoms with van der Waals surface area (Å²) in [6, 6.07) is 0. The molecule has 1 N–H and O–H groups in total. The summed E-state index contributed by atoms with van der Waals surface area (Å²) in [6.45, 7) is -0.599. The first-order valence-corrected chi connectivity index (χ1v) is 6.51. The minimum atomic E-state index is -7.20. The van der Waals surface area contributed by atoms with Gasteiger partial charge in [0.1, 0.15) is 0 Å². The number of nitrogens with zero attached hydrogens (tertiary/aromatic N) is 1. The molecule has 0 radical (unpaired) electrons. The summed E-state index contributed by atoms with van der Waals surface area (Å²) in [7, 11) is 3.00. The van der Waals surface area contributed by atoms with E-state index in [1.54, 1.807) is 0 Å². The zero-order chi connectivity index (χ0) is 21.2. The van der Waals surface area contributed by atoms with Gasteiger partial charge in [-0.05, 0) is 27.1 Å². The van der Waals surface area contributed by atoms with Crippen LogP contribution in [0.3, 0.4) is 0 Å². The number of hydrogen-bond acceptors (Lipinski definition) is 3. The predicted octanol–water partition coefficient (Wildman–Crippen LogP) is 3.09. The molecule has 0 aliphatic rings. The lowest BCUT2D eigenvalue weighted by Gasteiger charge is -2.34. The number of halogens is 11. The van der Waals surface area contributed by atoms with Crippen molar-refractivity contribution in [3.8, 4) is 0 Å². The molecule has 0 saturated carbocycles. The van der Waals surface area contributed by atoms with Gasteiger partial charge in [-0.2, -0.15) is 48.3 Å². The Bertz CT molecular complexity index is 490. The van der Waals surface area contributed by atoms with Crippen molar-refractivity contribution in [1.82, 2.24) is 10.2 Å². The first kappa shape index (κ1) is 24.6. The van der Waals surface area contributed by atoms with Crippen molar-refractivity contribution in [2.45, 2.75) is 36.7 Å².